The van der Waals surface area contributed by atoms with Crippen LogP contribution < -0.4 is 0 Å². The predicted octanol–water partition coefficient (Wildman–Crippen LogP) is 1.43. The van der Waals surface area contributed by atoms with Crippen molar-refractivity contribution < 1.29 is 4.79 Å². The molecule has 0 aliphatic heterocycles. The molecule has 0 bridgehead atoms. The molecule has 0 spiro atoms. The molecule has 0 unspecified atom stereocenters. The Kier molecular flexibility index (Phi) is 1.83. The lowest BCUT2D eigenvalue weighted by Crippen LogP contribution is -1.84. The number of benzene rings is 1. The number of hydrogen-bond donors (Lipinski definition) is 0. The van der Waals surface area contributed by atoms with Gasteiger partial charge in [0.15, 0.2) is 0 Å². The molecule has 1 aromatic carbocycles. The van der Waals surface area contributed by atoms with Crippen LogP contribution in [0.4, 0.5) is 0 Å². The number of fused-ring (bicyclic) bond motifs is 1. The molecule has 0 aliphatic carbocycles. The Balaban J connectivity index is 2.52. The van der Waals surface area contributed by atoms with Crippen LogP contribution in [0.5, 0.6) is 0 Å². The van der Waals surface area contributed by atoms with E-state index in [0.717, 1.165) is 22.1 Å². The van der Waals surface area contributed by atoms with E-state index in [2.05, 4.69) is 9.59 Å². The maximum atomic E-state index is 10.2. The van der Waals surface area contributed by atoms with Crippen LogP contribution in [0, 0.1) is 0 Å². The first-order chi connectivity index (χ1) is 5.90. The molecule has 0 saturated heterocycles. The molecule has 2 rings (SSSR count). The average Bonchev–Trinajstić information content (AvgIpc) is 2.51. The molecule has 0 fully saturated rings. The molecule has 0 amide bonds. The van der Waals surface area contributed by atoms with Crippen molar-refractivity contribution in [1.82, 2.24) is 9.59 Å². The van der Waals surface area contributed by atoms with Crippen molar-refractivity contribution >= 4 is 28.0 Å². The van der Waals surface area contributed by atoms with E-state index in [1.807, 2.05) is 18.2 Å². The van der Waals surface area contributed by atoms with Gasteiger partial charge in [0, 0.05) is 6.42 Å². The molecule has 0 N–H and O–H groups in total. The first-order valence-electron chi connectivity index (χ1n) is 3.55. The second kappa shape index (κ2) is 2.98. The molecule has 60 valence electrons. The minimum Gasteiger partial charge on any atom is -0.303 e. The quantitative estimate of drug-likeness (QED) is 0.653. The Hall–Kier alpha value is -1.29. The molecule has 0 saturated carbocycles. The fraction of sp³-hybridized carbons (Fsp3) is 0.125. The summed E-state index contributed by atoms with van der Waals surface area (Å²) in [4.78, 5) is 10.2. The van der Waals surface area contributed by atoms with Crippen LogP contribution in [0.1, 0.15) is 5.56 Å². The van der Waals surface area contributed by atoms with Gasteiger partial charge in [-0.25, -0.2) is 0 Å². The number of carbonyl (C=O) groups is 1. The van der Waals surface area contributed by atoms with Gasteiger partial charge in [-0.1, -0.05) is 10.6 Å². The Morgan fingerprint density at radius 2 is 2.42 bits per heavy atom. The average molecular weight is 178 g/mol. The van der Waals surface area contributed by atoms with Crippen molar-refractivity contribution in [3.05, 3.63) is 23.8 Å². The summed E-state index contributed by atoms with van der Waals surface area (Å²) >= 11 is 1.36. The highest BCUT2D eigenvalue weighted by Crippen LogP contribution is 2.16. The summed E-state index contributed by atoms with van der Waals surface area (Å²) in [5.41, 5.74) is 1.87. The standard InChI is InChI=1S/C8H6N2OS/c11-4-3-6-1-2-8-7(5-6)9-10-12-8/h1-2,4-5H,3H2. The Morgan fingerprint density at radius 1 is 1.50 bits per heavy atom. The summed E-state index contributed by atoms with van der Waals surface area (Å²) in [7, 11) is 0. The molecule has 12 heavy (non-hydrogen) atoms. The SMILES string of the molecule is O=CCc1ccc2snnc2c1. The fourth-order valence-electron chi connectivity index (χ4n) is 1.05. The number of aromatic nitrogens is 2. The third-order valence-corrected chi connectivity index (χ3v) is 2.34. The largest absolute Gasteiger partial charge is 0.303 e. The van der Waals surface area contributed by atoms with Gasteiger partial charge >= 0.3 is 0 Å². The van der Waals surface area contributed by atoms with Crippen molar-refractivity contribution in [3.8, 4) is 0 Å². The van der Waals surface area contributed by atoms with Gasteiger partial charge in [-0.15, -0.1) is 5.10 Å². The Labute approximate surface area is 73.2 Å². The van der Waals surface area contributed by atoms with Gasteiger partial charge in [0.1, 0.15) is 11.8 Å². The zero-order valence-corrected chi connectivity index (χ0v) is 7.04. The highest BCUT2D eigenvalue weighted by molar-refractivity contribution is 7.12. The minimum atomic E-state index is 0.452. The van der Waals surface area contributed by atoms with Crippen LogP contribution in [0.25, 0.3) is 10.2 Å². The molecule has 0 radical (unpaired) electrons. The van der Waals surface area contributed by atoms with Crippen LogP contribution in [-0.2, 0) is 11.2 Å². The van der Waals surface area contributed by atoms with E-state index in [0.29, 0.717) is 6.42 Å². The zero-order chi connectivity index (χ0) is 8.39. The number of rotatable bonds is 2. The zero-order valence-electron chi connectivity index (χ0n) is 6.23. The first-order valence-corrected chi connectivity index (χ1v) is 4.32. The van der Waals surface area contributed by atoms with Gasteiger partial charge < -0.3 is 4.79 Å². The second-order valence-corrected chi connectivity index (χ2v) is 3.23. The number of hydrogen-bond acceptors (Lipinski definition) is 4. The van der Waals surface area contributed by atoms with Gasteiger partial charge in [0.25, 0.3) is 0 Å². The van der Waals surface area contributed by atoms with Crippen molar-refractivity contribution in [2.75, 3.05) is 0 Å². The lowest BCUT2D eigenvalue weighted by molar-refractivity contribution is -0.107. The first kappa shape index (κ1) is 7.36. The lowest BCUT2D eigenvalue weighted by Gasteiger charge is -1.92. The molecule has 0 atom stereocenters. The summed E-state index contributed by atoms with van der Waals surface area (Å²) in [6, 6.07) is 5.77. The summed E-state index contributed by atoms with van der Waals surface area (Å²) in [5.74, 6) is 0. The van der Waals surface area contributed by atoms with Crippen molar-refractivity contribution in [2.45, 2.75) is 6.42 Å². The molecular formula is C8H6N2OS. The fourth-order valence-corrected chi connectivity index (χ4v) is 1.59. The maximum absolute atomic E-state index is 10.2. The van der Waals surface area contributed by atoms with Gasteiger partial charge in [0.05, 0.1) is 4.70 Å². The van der Waals surface area contributed by atoms with Gasteiger partial charge in [-0.2, -0.15) is 0 Å². The lowest BCUT2D eigenvalue weighted by atomic mass is 10.2. The smallest absolute Gasteiger partial charge is 0.124 e. The topological polar surface area (TPSA) is 42.9 Å². The minimum absolute atomic E-state index is 0.452. The number of aldehydes is 1. The molecular weight excluding hydrogens is 172 g/mol. The molecule has 1 aromatic heterocycles. The van der Waals surface area contributed by atoms with Crippen LogP contribution in [0.15, 0.2) is 18.2 Å². The van der Waals surface area contributed by atoms with E-state index < -0.39 is 0 Å². The van der Waals surface area contributed by atoms with E-state index in [4.69, 9.17) is 0 Å². The summed E-state index contributed by atoms with van der Waals surface area (Å²) in [6.07, 6.45) is 1.34. The van der Waals surface area contributed by atoms with Crippen LogP contribution in [-0.4, -0.2) is 15.9 Å². The Morgan fingerprint density at radius 3 is 3.25 bits per heavy atom. The van der Waals surface area contributed by atoms with E-state index in [1.54, 1.807) is 0 Å². The summed E-state index contributed by atoms with van der Waals surface area (Å²) in [6.45, 7) is 0. The third-order valence-electron chi connectivity index (χ3n) is 1.63. The van der Waals surface area contributed by atoms with Crippen molar-refractivity contribution in [3.63, 3.8) is 0 Å². The molecule has 2 aromatic rings. The molecule has 1 heterocycles. The maximum Gasteiger partial charge on any atom is 0.124 e. The number of nitrogens with zero attached hydrogens (tertiary/aromatic N) is 2. The van der Waals surface area contributed by atoms with E-state index >= 15 is 0 Å². The van der Waals surface area contributed by atoms with E-state index in [-0.39, 0.29) is 0 Å². The van der Waals surface area contributed by atoms with Crippen LogP contribution in [0.3, 0.4) is 0 Å². The highest BCUT2D eigenvalue weighted by atomic mass is 32.1. The van der Waals surface area contributed by atoms with Crippen molar-refractivity contribution in [2.24, 2.45) is 0 Å². The Bertz CT molecular complexity index is 410. The predicted molar refractivity (Wildman–Crippen MR) is 47.2 cm³/mol. The summed E-state index contributed by atoms with van der Waals surface area (Å²) in [5, 5.41) is 3.91. The van der Waals surface area contributed by atoms with Crippen LogP contribution in [0.2, 0.25) is 0 Å². The second-order valence-electron chi connectivity index (χ2n) is 2.45. The molecule has 3 nitrogen and oxygen atoms in total. The van der Waals surface area contributed by atoms with Gasteiger partial charge in [-0.3, -0.25) is 0 Å². The van der Waals surface area contributed by atoms with Gasteiger partial charge in [0.2, 0.25) is 0 Å². The van der Waals surface area contributed by atoms with E-state index in [1.165, 1.54) is 11.5 Å². The third kappa shape index (κ3) is 1.21. The van der Waals surface area contributed by atoms with Gasteiger partial charge in [-0.05, 0) is 29.2 Å². The van der Waals surface area contributed by atoms with Crippen LogP contribution >= 0.6 is 11.5 Å². The van der Waals surface area contributed by atoms with E-state index in [9.17, 15) is 4.79 Å². The monoisotopic (exact) mass is 178 g/mol. The molecule has 0 aliphatic rings. The number of carbonyl (C=O) groups excluding carboxylic acids is 1. The molecule has 4 heteroatoms. The highest BCUT2D eigenvalue weighted by Gasteiger charge is 1.98. The normalized spacial score (nSPS) is 10.3. The van der Waals surface area contributed by atoms with Crippen molar-refractivity contribution in [1.29, 1.82) is 0 Å². The summed E-state index contributed by atoms with van der Waals surface area (Å²) < 4.78 is 4.87.